The fourth-order valence-corrected chi connectivity index (χ4v) is 1.73. The van der Waals surface area contributed by atoms with E-state index in [1.54, 1.807) is 19.9 Å². The van der Waals surface area contributed by atoms with E-state index in [-0.39, 0.29) is 11.6 Å². The summed E-state index contributed by atoms with van der Waals surface area (Å²) >= 11 is 0. The lowest BCUT2D eigenvalue weighted by molar-refractivity contribution is -0.137. The summed E-state index contributed by atoms with van der Waals surface area (Å²) < 4.78 is 18.2. The van der Waals surface area contributed by atoms with Crippen LogP contribution >= 0.6 is 0 Å². The molecule has 0 saturated carbocycles. The second-order valence-corrected chi connectivity index (χ2v) is 5.26. The van der Waals surface area contributed by atoms with Crippen LogP contribution in [-0.2, 0) is 16.1 Å². The van der Waals surface area contributed by atoms with Gasteiger partial charge in [-0.3, -0.25) is 4.79 Å². The number of benzene rings is 1. The smallest absolute Gasteiger partial charge is 0.165 e. The highest BCUT2D eigenvalue weighted by Crippen LogP contribution is 2.12. The topological polar surface area (TPSA) is 29.5 Å². The van der Waals surface area contributed by atoms with Gasteiger partial charge >= 0.3 is 0 Å². The van der Waals surface area contributed by atoms with Crippen molar-refractivity contribution in [3.63, 3.8) is 0 Å². The Kier molecular flexibility index (Phi) is 5.63. The molecule has 0 aliphatic carbocycles. The van der Waals surface area contributed by atoms with Crippen LogP contribution in [0.3, 0.4) is 0 Å². The molecule has 0 aliphatic rings. The summed E-state index contributed by atoms with van der Waals surface area (Å²) in [6, 6.07) is 6.50. The Labute approximate surface area is 114 Å². The van der Waals surface area contributed by atoms with Crippen LogP contribution in [0.4, 0.5) is 4.39 Å². The van der Waals surface area contributed by atoms with Crippen molar-refractivity contribution < 1.29 is 13.9 Å². The highest BCUT2D eigenvalue weighted by atomic mass is 19.1. The minimum absolute atomic E-state index is 0.0705. The van der Waals surface area contributed by atoms with E-state index in [9.17, 15) is 9.18 Å². The standard InChI is InChI=1S/C15H22FNO2/c1-15(2,19-4)14(18)8-9-17(3)11-12-6-5-7-13(16)10-12/h5-7,10H,8-9,11H2,1-4H3. The summed E-state index contributed by atoms with van der Waals surface area (Å²) in [6.07, 6.45) is 0.423. The Morgan fingerprint density at radius 1 is 1.42 bits per heavy atom. The van der Waals surface area contributed by atoms with Gasteiger partial charge in [-0.1, -0.05) is 12.1 Å². The Morgan fingerprint density at radius 2 is 2.11 bits per heavy atom. The van der Waals surface area contributed by atoms with Crippen molar-refractivity contribution in [1.82, 2.24) is 4.90 Å². The van der Waals surface area contributed by atoms with E-state index in [0.29, 0.717) is 19.5 Å². The van der Waals surface area contributed by atoms with E-state index in [0.717, 1.165) is 5.56 Å². The van der Waals surface area contributed by atoms with Gasteiger partial charge in [0.2, 0.25) is 0 Å². The lowest BCUT2D eigenvalue weighted by Gasteiger charge is -2.23. The number of hydrogen-bond donors (Lipinski definition) is 0. The summed E-state index contributed by atoms with van der Waals surface area (Å²) in [6.45, 7) is 4.78. The number of halogens is 1. The van der Waals surface area contributed by atoms with Gasteiger partial charge in [-0.05, 0) is 38.6 Å². The third-order valence-electron chi connectivity index (χ3n) is 3.24. The maximum absolute atomic E-state index is 13.0. The number of methoxy groups -OCH3 is 1. The second kappa shape index (κ2) is 6.78. The van der Waals surface area contributed by atoms with Gasteiger partial charge in [-0.25, -0.2) is 4.39 Å². The van der Waals surface area contributed by atoms with Crippen LogP contribution < -0.4 is 0 Å². The molecule has 1 rings (SSSR count). The zero-order valence-electron chi connectivity index (χ0n) is 12.1. The molecule has 0 unspecified atom stereocenters. The van der Waals surface area contributed by atoms with E-state index in [1.807, 2.05) is 18.0 Å². The SMILES string of the molecule is COC(C)(C)C(=O)CCN(C)Cc1cccc(F)c1. The predicted octanol–water partition coefficient (Wildman–Crippen LogP) is 2.64. The predicted molar refractivity (Wildman–Crippen MR) is 73.4 cm³/mol. The van der Waals surface area contributed by atoms with Crippen LogP contribution in [-0.4, -0.2) is 37.0 Å². The van der Waals surface area contributed by atoms with E-state index in [4.69, 9.17) is 4.74 Å². The van der Waals surface area contributed by atoms with Crippen LogP contribution in [0, 0.1) is 5.82 Å². The molecule has 0 radical (unpaired) electrons. The molecule has 0 fully saturated rings. The average molecular weight is 267 g/mol. The first kappa shape index (κ1) is 15.8. The van der Waals surface area contributed by atoms with Gasteiger partial charge in [0.1, 0.15) is 11.4 Å². The number of ketones is 1. The largest absolute Gasteiger partial charge is 0.371 e. The van der Waals surface area contributed by atoms with E-state index < -0.39 is 5.60 Å². The van der Waals surface area contributed by atoms with E-state index in [1.165, 1.54) is 19.2 Å². The van der Waals surface area contributed by atoms with Gasteiger partial charge < -0.3 is 9.64 Å². The summed E-state index contributed by atoms with van der Waals surface area (Å²) in [7, 11) is 3.45. The zero-order valence-corrected chi connectivity index (χ0v) is 12.1. The van der Waals surface area contributed by atoms with Crippen molar-refractivity contribution in [2.24, 2.45) is 0 Å². The number of ether oxygens (including phenoxy) is 1. The number of carbonyl (C=O) groups is 1. The summed E-state index contributed by atoms with van der Waals surface area (Å²) in [4.78, 5) is 13.9. The third-order valence-corrected chi connectivity index (χ3v) is 3.24. The highest BCUT2D eigenvalue weighted by Gasteiger charge is 2.26. The molecule has 0 spiro atoms. The van der Waals surface area contributed by atoms with Crippen molar-refractivity contribution in [2.45, 2.75) is 32.4 Å². The molecule has 1 aromatic carbocycles. The fraction of sp³-hybridized carbons (Fsp3) is 0.533. The van der Waals surface area contributed by atoms with Gasteiger partial charge in [-0.15, -0.1) is 0 Å². The van der Waals surface area contributed by atoms with E-state index in [2.05, 4.69) is 0 Å². The molecule has 19 heavy (non-hydrogen) atoms. The minimum atomic E-state index is -0.736. The molecule has 3 nitrogen and oxygen atoms in total. The van der Waals surface area contributed by atoms with E-state index >= 15 is 0 Å². The third kappa shape index (κ3) is 5.09. The van der Waals surface area contributed by atoms with Crippen molar-refractivity contribution in [3.8, 4) is 0 Å². The maximum Gasteiger partial charge on any atom is 0.165 e. The first-order valence-corrected chi connectivity index (χ1v) is 6.36. The molecule has 106 valence electrons. The number of carbonyl (C=O) groups excluding carboxylic acids is 1. The monoisotopic (exact) mass is 267 g/mol. The molecule has 0 bridgehead atoms. The lowest BCUT2D eigenvalue weighted by atomic mass is 10.0. The molecule has 4 heteroatoms. The maximum atomic E-state index is 13.0. The summed E-state index contributed by atoms with van der Waals surface area (Å²) in [5.74, 6) is -0.163. The van der Waals surface area contributed by atoms with Gasteiger partial charge in [0, 0.05) is 26.6 Å². The number of hydrogen-bond acceptors (Lipinski definition) is 3. The number of Topliss-reactive ketones (excluding diaryl/α,β-unsaturated/α-hetero) is 1. The molecule has 0 amide bonds. The van der Waals surface area contributed by atoms with Crippen molar-refractivity contribution in [2.75, 3.05) is 20.7 Å². The van der Waals surface area contributed by atoms with Crippen LogP contribution in [0.25, 0.3) is 0 Å². The zero-order chi connectivity index (χ0) is 14.5. The molecule has 0 atom stereocenters. The highest BCUT2D eigenvalue weighted by molar-refractivity contribution is 5.86. The molecular formula is C15H22FNO2. The Morgan fingerprint density at radius 3 is 2.68 bits per heavy atom. The van der Waals surface area contributed by atoms with Gasteiger partial charge in [-0.2, -0.15) is 0 Å². The van der Waals surface area contributed by atoms with Gasteiger partial charge in [0.15, 0.2) is 5.78 Å². The van der Waals surface area contributed by atoms with Crippen molar-refractivity contribution in [3.05, 3.63) is 35.6 Å². The Balaban J connectivity index is 2.44. The molecule has 0 aliphatic heterocycles. The van der Waals surface area contributed by atoms with Crippen LogP contribution in [0.1, 0.15) is 25.8 Å². The van der Waals surface area contributed by atoms with Crippen LogP contribution in [0.5, 0.6) is 0 Å². The Hall–Kier alpha value is -1.26. The summed E-state index contributed by atoms with van der Waals surface area (Å²) in [5, 5.41) is 0. The van der Waals surface area contributed by atoms with Gasteiger partial charge in [0.05, 0.1) is 0 Å². The number of rotatable bonds is 7. The molecule has 1 aromatic rings. The molecule has 0 saturated heterocycles. The Bertz CT molecular complexity index is 432. The van der Waals surface area contributed by atoms with Crippen molar-refractivity contribution >= 4 is 5.78 Å². The lowest BCUT2D eigenvalue weighted by Crippen LogP contribution is -2.36. The molecule has 0 heterocycles. The summed E-state index contributed by atoms with van der Waals surface area (Å²) in [5.41, 5.74) is 0.167. The minimum Gasteiger partial charge on any atom is -0.371 e. The van der Waals surface area contributed by atoms with Crippen LogP contribution in [0.15, 0.2) is 24.3 Å². The van der Waals surface area contributed by atoms with Gasteiger partial charge in [0.25, 0.3) is 0 Å². The molecule has 0 N–H and O–H groups in total. The first-order valence-electron chi connectivity index (χ1n) is 6.36. The fourth-order valence-electron chi connectivity index (χ4n) is 1.73. The first-order chi connectivity index (χ1) is 8.85. The average Bonchev–Trinajstić information content (AvgIpc) is 2.35. The number of nitrogens with zero attached hydrogens (tertiary/aromatic N) is 1. The van der Waals surface area contributed by atoms with Crippen LogP contribution in [0.2, 0.25) is 0 Å². The normalized spacial score (nSPS) is 11.9. The molecule has 0 aromatic heterocycles. The quantitative estimate of drug-likeness (QED) is 0.760. The molecular weight excluding hydrogens is 245 g/mol. The van der Waals surface area contributed by atoms with Crippen molar-refractivity contribution in [1.29, 1.82) is 0 Å². The second-order valence-electron chi connectivity index (χ2n) is 5.26.